The van der Waals surface area contributed by atoms with Crippen molar-refractivity contribution in [3.8, 4) is 16.8 Å². The van der Waals surface area contributed by atoms with Crippen molar-refractivity contribution in [2.45, 2.75) is 65.0 Å². The number of primary amides is 1. The molecule has 2 amide bonds. The summed E-state index contributed by atoms with van der Waals surface area (Å²) in [5.74, 6) is -0.393. The third kappa shape index (κ3) is 6.18. The van der Waals surface area contributed by atoms with Gasteiger partial charge in [0.2, 0.25) is 0 Å². The van der Waals surface area contributed by atoms with Crippen molar-refractivity contribution >= 4 is 39.6 Å². The van der Waals surface area contributed by atoms with Crippen LogP contribution in [0.15, 0.2) is 67.0 Å². The molecular formula is C35H39N7O3. The molecule has 10 heteroatoms. The molecule has 10 nitrogen and oxygen atoms in total. The summed E-state index contributed by atoms with van der Waals surface area (Å²) in [5, 5.41) is 10.6. The van der Waals surface area contributed by atoms with Crippen molar-refractivity contribution in [3.05, 3.63) is 78.2 Å². The molecule has 4 heterocycles. The molecule has 1 aliphatic heterocycles. The Morgan fingerprint density at radius 3 is 2.49 bits per heavy atom. The van der Waals surface area contributed by atoms with Gasteiger partial charge in [0.1, 0.15) is 5.60 Å². The quantitative estimate of drug-likeness (QED) is 0.221. The molecule has 232 valence electrons. The number of benzene rings is 2. The molecule has 0 spiro atoms. The minimum Gasteiger partial charge on any atom is -0.444 e. The van der Waals surface area contributed by atoms with E-state index in [9.17, 15) is 9.59 Å². The largest absolute Gasteiger partial charge is 0.444 e. The van der Waals surface area contributed by atoms with Crippen LogP contribution in [0.4, 0.5) is 10.5 Å². The van der Waals surface area contributed by atoms with Crippen LogP contribution in [-0.2, 0) is 4.74 Å². The van der Waals surface area contributed by atoms with Gasteiger partial charge in [-0.3, -0.25) is 9.78 Å². The van der Waals surface area contributed by atoms with E-state index >= 15 is 0 Å². The molecule has 2 aromatic carbocycles. The molecule has 5 aromatic rings. The summed E-state index contributed by atoms with van der Waals surface area (Å²) < 4.78 is 7.38. The normalized spacial score (nSPS) is 14.3. The summed E-state index contributed by atoms with van der Waals surface area (Å²) in [4.78, 5) is 36.2. The number of hydrogen-bond donors (Lipinski definition) is 2. The highest BCUT2D eigenvalue weighted by atomic mass is 16.6. The Labute approximate surface area is 262 Å². The number of ether oxygens (including phenoxy) is 1. The smallest absolute Gasteiger partial charge is 0.410 e. The molecule has 45 heavy (non-hydrogen) atoms. The summed E-state index contributed by atoms with van der Waals surface area (Å²) >= 11 is 0. The Morgan fingerprint density at radius 2 is 1.78 bits per heavy atom. The number of nitrogens with one attached hydrogen (secondary N) is 1. The number of hydrogen-bond acceptors (Lipinski definition) is 7. The number of carbonyl (C=O) groups is 2. The zero-order chi connectivity index (χ0) is 31.9. The molecular weight excluding hydrogens is 566 g/mol. The maximum absolute atomic E-state index is 12.6. The molecule has 0 bridgehead atoms. The van der Waals surface area contributed by atoms with E-state index in [4.69, 9.17) is 25.5 Å². The molecule has 0 atom stereocenters. The van der Waals surface area contributed by atoms with E-state index in [0.717, 1.165) is 38.8 Å². The number of likely N-dealkylation sites (tertiary alicyclic amines) is 1. The molecule has 0 saturated carbocycles. The number of anilines is 1. The summed E-state index contributed by atoms with van der Waals surface area (Å²) in [6.45, 7) is 10.9. The highest BCUT2D eigenvalue weighted by Gasteiger charge is 2.28. The Hall–Kier alpha value is -4.99. The lowest BCUT2D eigenvalue weighted by Crippen LogP contribution is -2.44. The number of piperidine rings is 1. The predicted molar refractivity (Wildman–Crippen MR) is 177 cm³/mol. The zero-order valence-corrected chi connectivity index (χ0v) is 26.4. The molecule has 0 radical (unpaired) electrons. The second kappa shape index (κ2) is 11.8. The van der Waals surface area contributed by atoms with E-state index in [-0.39, 0.29) is 18.1 Å². The monoisotopic (exact) mass is 605 g/mol. The van der Waals surface area contributed by atoms with Crippen LogP contribution in [0.25, 0.3) is 38.8 Å². The average Bonchev–Trinajstić information content (AvgIpc) is 3.41. The number of carbonyl (C=O) groups excluding carboxylic acids is 2. The van der Waals surface area contributed by atoms with E-state index < -0.39 is 11.5 Å². The standard InChI is InChI=1S/C35H39N7O3/c1-21(2)31-30-26(23-18-22-8-6-7-9-28(22)38-20-23)12-15-37-33(30)42(40-31)25-10-11-27(32(36)43)29(19-25)39-24-13-16-41(17-14-24)34(44)45-35(3,4)5/h6-12,15,18-21,24,39H,13-14,16-17H2,1-5H3,(H2,36,43). The van der Waals surface area contributed by atoms with Crippen molar-refractivity contribution in [3.63, 3.8) is 0 Å². The summed E-state index contributed by atoms with van der Waals surface area (Å²) in [7, 11) is 0. The summed E-state index contributed by atoms with van der Waals surface area (Å²) in [6.07, 6.45) is 4.79. The van der Waals surface area contributed by atoms with Crippen LogP contribution in [0.5, 0.6) is 0 Å². The van der Waals surface area contributed by atoms with Crippen molar-refractivity contribution in [2.24, 2.45) is 5.73 Å². The molecule has 1 saturated heterocycles. The number of aromatic nitrogens is 4. The molecule has 0 unspecified atom stereocenters. The van der Waals surface area contributed by atoms with E-state index in [2.05, 4.69) is 31.3 Å². The fraction of sp³-hybridized carbons (Fsp3) is 0.343. The van der Waals surface area contributed by atoms with Gasteiger partial charge in [-0.25, -0.2) is 14.5 Å². The second-order valence-corrected chi connectivity index (χ2v) is 12.9. The van der Waals surface area contributed by atoms with Gasteiger partial charge >= 0.3 is 6.09 Å². The lowest BCUT2D eigenvalue weighted by Gasteiger charge is -2.34. The fourth-order valence-electron chi connectivity index (χ4n) is 5.86. The molecule has 6 rings (SSSR count). The first-order valence-electron chi connectivity index (χ1n) is 15.4. The predicted octanol–water partition coefficient (Wildman–Crippen LogP) is 6.67. The molecule has 3 aromatic heterocycles. The third-order valence-corrected chi connectivity index (χ3v) is 8.06. The maximum Gasteiger partial charge on any atom is 0.410 e. The molecule has 0 aliphatic carbocycles. The van der Waals surface area contributed by atoms with Crippen LogP contribution in [0.3, 0.4) is 0 Å². The number of pyridine rings is 2. The maximum atomic E-state index is 12.6. The fourth-order valence-corrected chi connectivity index (χ4v) is 5.86. The van der Waals surface area contributed by atoms with Gasteiger partial charge in [-0.15, -0.1) is 0 Å². The van der Waals surface area contributed by atoms with E-state index in [1.807, 2.05) is 68.0 Å². The molecule has 1 aliphatic rings. The van der Waals surface area contributed by atoms with E-state index in [0.29, 0.717) is 42.8 Å². The molecule has 3 N–H and O–H groups in total. The van der Waals surface area contributed by atoms with Gasteiger partial charge in [0.25, 0.3) is 5.91 Å². The highest BCUT2D eigenvalue weighted by Crippen LogP contribution is 2.36. The van der Waals surface area contributed by atoms with Crippen molar-refractivity contribution in [1.29, 1.82) is 0 Å². The Morgan fingerprint density at radius 1 is 1.02 bits per heavy atom. The van der Waals surface area contributed by atoms with Crippen LogP contribution in [0.2, 0.25) is 0 Å². The summed E-state index contributed by atoms with van der Waals surface area (Å²) in [6, 6.07) is 17.8. The minimum atomic E-state index is -0.545. The zero-order valence-electron chi connectivity index (χ0n) is 26.4. The van der Waals surface area contributed by atoms with Gasteiger partial charge in [-0.2, -0.15) is 5.10 Å². The van der Waals surface area contributed by atoms with Gasteiger partial charge in [-0.05, 0) is 81.5 Å². The lowest BCUT2D eigenvalue weighted by atomic mass is 9.98. The van der Waals surface area contributed by atoms with Gasteiger partial charge in [0.15, 0.2) is 5.65 Å². The Balaban J connectivity index is 1.34. The first-order chi connectivity index (χ1) is 21.5. The van der Waals surface area contributed by atoms with Crippen molar-refractivity contribution in [2.75, 3.05) is 18.4 Å². The van der Waals surface area contributed by atoms with E-state index in [1.54, 1.807) is 17.2 Å². The van der Waals surface area contributed by atoms with Crippen molar-refractivity contribution < 1.29 is 14.3 Å². The number of para-hydroxylation sites is 1. The number of rotatable bonds is 6. The van der Waals surface area contributed by atoms with Crippen LogP contribution in [0.1, 0.15) is 69.4 Å². The van der Waals surface area contributed by atoms with Crippen molar-refractivity contribution in [1.82, 2.24) is 24.6 Å². The lowest BCUT2D eigenvalue weighted by molar-refractivity contribution is 0.0210. The Kier molecular flexibility index (Phi) is 7.90. The van der Waals surface area contributed by atoms with Gasteiger partial charge in [0, 0.05) is 48.2 Å². The number of fused-ring (bicyclic) bond motifs is 2. The van der Waals surface area contributed by atoms with E-state index in [1.165, 1.54) is 0 Å². The average molecular weight is 606 g/mol. The minimum absolute atomic E-state index is 0.0442. The first kappa shape index (κ1) is 30.1. The topological polar surface area (TPSA) is 128 Å². The van der Waals surface area contributed by atoms with Crippen LogP contribution in [0, 0.1) is 0 Å². The molecule has 1 fully saturated rings. The van der Waals surface area contributed by atoms with Crippen LogP contribution in [-0.4, -0.2) is 61.4 Å². The highest BCUT2D eigenvalue weighted by molar-refractivity contribution is 6.00. The van der Waals surface area contributed by atoms with Gasteiger partial charge in [-0.1, -0.05) is 32.0 Å². The van der Waals surface area contributed by atoms with Crippen LogP contribution >= 0.6 is 0 Å². The third-order valence-electron chi connectivity index (χ3n) is 8.06. The first-order valence-corrected chi connectivity index (χ1v) is 15.4. The Bertz CT molecular complexity index is 1900. The SMILES string of the molecule is CC(C)c1nn(-c2ccc(C(N)=O)c(NC3CCN(C(=O)OC(C)(C)C)CC3)c2)c2nccc(-c3cnc4ccccc4c3)c12. The number of amides is 2. The second-order valence-electron chi connectivity index (χ2n) is 12.9. The number of nitrogens with zero attached hydrogens (tertiary/aromatic N) is 5. The number of nitrogens with two attached hydrogens (primary N) is 1. The summed E-state index contributed by atoms with van der Waals surface area (Å²) in [5.41, 5.74) is 11.6. The van der Waals surface area contributed by atoms with Gasteiger partial charge in [0.05, 0.1) is 27.8 Å². The van der Waals surface area contributed by atoms with Crippen LogP contribution < -0.4 is 11.1 Å². The van der Waals surface area contributed by atoms with Gasteiger partial charge < -0.3 is 20.7 Å².